The Kier molecular flexibility index (Phi) is 4.42. The van der Waals surface area contributed by atoms with Gasteiger partial charge in [-0.25, -0.2) is 4.98 Å². The fourth-order valence-electron chi connectivity index (χ4n) is 2.21. The van der Waals surface area contributed by atoms with Crippen LogP contribution in [0.15, 0.2) is 30.5 Å². The van der Waals surface area contributed by atoms with E-state index in [1.165, 1.54) is 11.8 Å². The van der Waals surface area contributed by atoms with Crippen molar-refractivity contribution < 1.29 is 9.53 Å². The Labute approximate surface area is 124 Å². The van der Waals surface area contributed by atoms with Crippen LogP contribution in [0.1, 0.15) is 16.7 Å². The third-order valence-electron chi connectivity index (χ3n) is 3.02. The highest BCUT2D eigenvalue weighted by atomic mass is 16.5. The molecule has 1 aromatic carbocycles. The molecule has 0 atom stereocenters. The fraction of sp³-hybridized carbons (Fsp3) is 0.250. The van der Waals surface area contributed by atoms with Crippen molar-refractivity contribution in [1.82, 2.24) is 4.98 Å². The van der Waals surface area contributed by atoms with Gasteiger partial charge in [-0.15, -0.1) is 0 Å². The fourth-order valence-corrected chi connectivity index (χ4v) is 2.21. The van der Waals surface area contributed by atoms with Crippen LogP contribution in [-0.2, 0) is 4.79 Å². The molecule has 110 valence electrons. The first kappa shape index (κ1) is 14.8. The number of hydrogen-bond acceptors (Lipinski definition) is 4. The van der Waals surface area contributed by atoms with E-state index in [4.69, 9.17) is 10.5 Å². The summed E-state index contributed by atoms with van der Waals surface area (Å²) in [6.07, 6.45) is 1.51. The topological polar surface area (TPSA) is 77.2 Å². The van der Waals surface area contributed by atoms with Gasteiger partial charge in [-0.1, -0.05) is 17.7 Å². The van der Waals surface area contributed by atoms with Crippen molar-refractivity contribution in [2.75, 3.05) is 17.7 Å². The lowest BCUT2D eigenvalue weighted by molar-refractivity contribution is -0.118. The van der Waals surface area contributed by atoms with Gasteiger partial charge in [-0.05, 0) is 44.0 Å². The molecule has 0 unspecified atom stereocenters. The largest absolute Gasteiger partial charge is 0.483 e. The van der Waals surface area contributed by atoms with Crippen LogP contribution in [0.5, 0.6) is 5.75 Å². The van der Waals surface area contributed by atoms with E-state index in [1.54, 1.807) is 12.1 Å². The molecule has 3 N–H and O–H groups in total. The summed E-state index contributed by atoms with van der Waals surface area (Å²) in [7, 11) is 0. The van der Waals surface area contributed by atoms with E-state index in [0.717, 1.165) is 16.9 Å². The van der Waals surface area contributed by atoms with Gasteiger partial charge >= 0.3 is 0 Å². The highest BCUT2D eigenvalue weighted by molar-refractivity contribution is 5.91. The molecular weight excluding hydrogens is 266 g/mol. The van der Waals surface area contributed by atoms with Crippen LogP contribution < -0.4 is 15.8 Å². The summed E-state index contributed by atoms with van der Waals surface area (Å²) >= 11 is 0. The van der Waals surface area contributed by atoms with Crippen molar-refractivity contribution in [2.24, 2.45) is 0 Å². The molecule has 5 heteroatoms. The van der Waals surface area contributed by atoms with Gasteiger partial charge < -0.3 is 15.8 Å². The third kappa shape index (κ3) is 3.95. The second-order valence-corrected chi connectivity index (χ2v) is 5.04. The first-order valence-corrected chi connectivity index (χ1v) is 6.68. The molecule has 2 rings (SSSR count). The van der Waals surface area contributed by atoms with E-state index in [-0.39, 0.29) is 12.5 Å². The molecule has 1 amide bonds. The van der Waals surface area contributed by atoms with Gasteiger partial charge in [0.15, 0.2) is 6.61 Å². The molecule has 1 heterocycles. The number of benzene rings is 1. The van der Waals surface area contributed by atoms with Crippen LogP contribution in [0.25, 0.3) is 0 Å². The standard InChI is InChI=1S/C16H19N3O2/c1-10-6-11(2)16(12(3)7-10)21-9-15(20)19-13-4-5-14(17)18-8-13/h4-8H,9H2,1-3H3,(H2,17,18)(H,19,20). The van der Waals surface area contributed by atoms with Crippen molar-refractivity contribution in [1.29, 1.82) is 0 Å². The number of aryl methyl sites for hydroxylation is 3. The first-order chi connectivity index (χ1) is 9.95. The molecule has 0 saturated carbocycles. The summed E-state index contributed by atoms with van der Waals surface area (Å²) < 4.78 is 5.62. The van der Waals surface area contributed by atoms with E-state index < -0.39 is 0 Å². The second-order valence-electron chi connectivity index (χ2n) is 5.04. The number of rotatable bonds is 4. The molecule has 0 aliphatic rings. The van der Waals surface area contributed by atoms with Crippen molar-refractivity contribution in [3.8, 4) is 5.75 Å². The van der Waals surface area contributed by atoms with Gasteiger partial charge in [0.05, 0.1) is 11.9 Å². The number of anilines is 2. The number of nitrogens with two attached hydrogens (primary N) is 1. The zero-order chi connectivity index (χ0) is 15.4. The molecule has 2 aromatic rings. The van der Waals surface area contributed by atoms with Gasteiger partial charge in [0.25, 0.3) is 5.91 Å². The van der Waals surface area contributed by atoms with Crippen LogP contribution in [0.4, 0.5) is 11.5 Å². The molecule has 1 aromatic heterocycles. The Bertz CT molecular complexity index is 628. The summed E-state index contributed by atoms with van der Waals surface area (Å²) in [5.41, 5.74) is 9.30. The highest BCUT2D eigenvalue weighted by Gasteiger charge is 2.08. The molecule has 0 spiro atoms. The Balaban J connectivity index is 1.97. The number of amides is 1. The van der Waals surface area contributed by atoms with Gasteiger partial charge in [-0.2, -0.15) is 0 Å². The lowest BCUT2D eigenvalue weighted by Crippen LogP contribution is -2.20. The van der Waals surface area contributed by atoms with Crippen LogP contribution in [0.2, 0.25) is 0 Å². The van der Waals surface area contributed by atoms with Gasteiger partial charge in [0, 0.05) is 0 Å². The SMILES string of the molecule is Cc1cc(C)c(OCC(=O)Nc2ccc(N)nc2)c(C)c1. The third-order valence-corrected chi connectivity index (χ3v) is 3.02. The maximum Gasteiger partial charge on any atom is 0.262 e. The molecular formula is C16H19N3O2. The van der Waals surface area contributed by atoms with Gasteiger partial charge in [-0.3, -0.25) is 4.79 Å². The number of carbonyl (C=O) groups excluding carboxylic acids is 1. The average Bonchev–Trinajstić information content (AvgIpc) is 2.40. The minimum atomic E-state index is -0.235. The number of hydrogen-bond donors (Lipinski definition) is 2. The van der Waals surface area contributed by atoms with Crippen molar-refractivity contribution in [3.05, 3.63) is 47.2 Å². The first-order valence-electron chi connectivity index (χ1n) is 6.68. The van der Waals surface area contributed by atoms with Gasteiger partial charge in [0.1, 0.15) is 11.6 Å². The number of nitrogens with zero attached hydrogens (tertiary/aromatic N) is 1. The predicted molar refractivity (Wildman–Crippen MR) is 83.4 cm³/mol. The Hall–Kier alpha value is -2.56. The zero-order valence-electron chi connectivity index (χ0n) is 12.4. The predicted octanol–water partition coefficient (Wildman–Crippen LogP) is 2.61. The Morgan fingerprint density at radius 3 is 2.48 bits per heavy atom. The number of carbonyl (C=O) groups is 1. The molecule has 0 saturated heterocycles. The average molecular weight is 285 g/mol. The van der Waals surface area contributed by atoms with E-state index in [9.17, 15) is 4.79 Å². The smallest absolute Gasteiger partial charge is 0.262 e. The van der Waals surface area contributed by atoms with E-state index in [2.05, 4.69) is 10.3 Å². The Morgan fingerprint density at radius 2 is 1.90 bits per heavy atom. The normalized spacial score (nSPS) is 10.2. The molecule has 5 nitrogen and oxygen atoms in total. The number of nitrogens with one attached hydrogen (secondary N) is 1. The van der Waals surface area contributed by atoms with Crippen LogP contribution in [0, 0.1) is 20.8 Å². The quantitative estimate of drug-likeness (QED) is 0.905. The van der Waals surface area contributed by atoms with Crippen LogP contribution in [0.3, 0.4) is 0 Å². The minimum Gasteiger partial charge on any atom is -0.483 e. The summed E-state index contributed by atoms with van der Waals surface area (Å²) in [6, 6.07) is 7.39. The molecule has 0 fully saturated rings. The molecule has 21 heavy (non-hydrogen) atoms. The maximum absolute atomic E-state index is 11.9. The minimum absolute atomic E-state index is 0.0465. The number of pyridine rings is 1. The highest BCUT2D eigenvalue weighted by Crippen LogP contribution is 2.24. The number of aromatic nitrogens is 1. The zero-order valence-corrected chi connectivity index (χ0v) is 12.4. The van der Waals surface area contributed by atoms with E-state index in [1.807, 2.05) is 32.9 Å². The maximum atomic E-state index is 11.9. The summed E-state index contributed by atoms with van der Waals surface area (Å²) in [5, 5.41) is 2.71. The molecule has 0 aliphatic heterocycles. The number of nitrogen functional groups attached to an aromatic ring is 1. The van der Waals surface area contributed by atoms with Crippen molar-refractivity contribution >= 4 is 17.4 Å². The molecule has 0 aliphatic carbocycles. The van der Waals surface area contributed by atoms with Crippen LogP contribution in [-0.4, -0.2) is 17.5 Å². The monoisotopic (exact) mass is 285 g/mol. The van der Waals surface area contributed by atoms with E-state index in [0.29, 0.717) is 11.5 Å². The lowest BCUT2D eigenvalue weighted by atomic mass is 10.1. The van der Waals surface area contributed by atoms with Gasteiger partial charge in [0.2, 0.25) is 0 Å². The second kappa shape index (κ2) is 6.26. The Morgan fingerprint density at radius 1 is 1.24 bits per heavy atom. The van der Waals surface area contributed by atoms with Crippen molar-refractivity contribution in [3.63, 3.8) is 0 Å². The summed E-state index contributed by atoms with van der Waals surface area (Å²) in [6.45, 7) is 5.92. The molecule has 0 bridgehead atoms. The van der Waals surface area contributed by atoms with Crippen molar-refractivity contribution in [2.45, 2.75) is 20.8 Å². The van der Waals surface area contributed by atoms with E-state index >= 15 is 0 Å². The lowest BCUT2D eigenvalue weighted by Gasteiger charge is -2.13. The number of ether oxygens (including phenoxy) is 1. The van der Waals surface area contributed by atoms with Crippen LogP contribution >= 0.6 is 0 Å². The molecule has 0 radical (unpaired) electrons. The summed E-state index contributed by atoms with van der Waals surface area (Å²) in [4.78, 5) is 15.8. The summed E-state index contributed by atoms with van der Waals surface area (Å²) in [5.74, 6) is 0.933.